The van der Waals surface area contributed by atoms with Crippen LogP contribution in [0.4, 0.5) is 0 Å². The molecule has 0 aliphatic carbocycles. The number of hydrogen-bond acceptors (Lipinski definition) is 2. The molecular weight excluding hydrogens is 188 g/mol. The van der Waals surface area contributed by atoms with Crippen LogP contribution in [0, 0.1) is 6.92 Å². The lowest BCUT2D eigenvalue weighted by Gasteiger charge is -2.06. The average Bonchev–Trinajstić information content (AvgIpc) is 2.09. The molecule has 0 saturated heterocycles. The Morgan fingerprint density at radius 1 is 1.38 bits per heavy atom. The van der Waals surface area contributed by atoms with Crippen LogP contribution in [0.2, 0.25) is 5.02 Å². The van der Waals surface area contributed by atoms with E-state index in [4.69, 9.17) is 16.7 Å². The van der Waals surface area contributed by atoms with Gasteiger partial charge in [-0.05, 0) is 43.0 Å². The summed E-state index contributed by atoms with van der Waals surface area (Å²) in [5.41, 5.74) is 2.09. The van der Waals surface area contributed by atoms with Gasteiger partial charge in [-0.1, -0.05) is 11.6 Å². The molecule has 0 fully saturated rings. The lowest BCUT2D eigenvalue weighted by atomic mass is 10.0. The van der Waals surface area contributed by atoms with E-state index in [1.165, 1.54) is 0 Å². The maximum atomic E-state index is 9.27. The summed E-state index contributed by atoms with van der Waals surface area (Å²) in [7, 11) is 0. The van der Waals surface area contributed by atoms with E-state index < -0.39 is 0 Å². The van der Waals surface area contributed by atoms with Crippen molar-refractivity contribution in [2.75, 3.05) is 6.61 Å². The molecule has 2 nitrogen and oxygen atoms in total. The van der Waals surface area contributed by atoms with E-state index in [1.54, 1.807) is 12.1 Å². The molecule has 0 radical (unpaired) electrons. The Morgan fingerprint density at radius 2 is 2.08 bits per heavy atom. The fraction of sp³-hybridized carbons (Fsp3) is 0.400. The van der Waals surface area contributed by atoms with Gasteiger partial charge in [0.1, 0.15) is 5.75 Å². The van der Waals surface area contributed by atoms with Crippen molar-refractivity contribution in [2.45, 2.75) is 19.8 Å². The number of benzene rings is 1. The summed E-state index contributed by atoms with van der Waals surface area (Å²) in [6.45, 7) is 2.10. The minimum atomic E-state index is 0.118. The number of hydrogen-bond donors (Lipinski definition) is 2. The van der Waals surface area contributed by atoms with Gasteiger partial charge in [-0.2, -0.15) is 0 Å². The molecule has 1 aromatic rings. The van der Waals surface area contributed by atoms with Crippen LogP contribution in [-0.2, 0) is 6.42 Å². The van der Waals surface area contributed by atoms with E-state index in [1.807, 2.05) is 6.92 Å². The largest absolute Gasteiger partial charge is 0.506 e. The van der Waals surface area contributed by atoms with E-state index in [0.717, 1.165) is 24.0 Å². The SMILES string of the molecule is Cc1cc(O)c(Cl)cc1CCCO. The van der Waals surface area contributed by atoms with Crippen molar-refractivity contribution in [1.82, 2.24) is 0 Å². The van der Waals surface area contributed by atoms with Gasteiger partial charge < -0.3 is 10.2 Å². The van der Waals surface area contributed by atoms with Gasteiger partial charge in [0.2, 0.25) is 0 Å². The summed E-state index contributed by atoms with van der Waals surface area (Å²) >= 11 is 5.75. The highest BCUT2D eigenvalue weighted by Crippen LogP contribution is 2.27. The maximum Gasteiger partial charge on any atom is 0.134 e. The summed E-state index contributed by atoms with van der Waals surface area (Å²) in [6.07, 6.45) is 1.52. The van der Waals surface area contributed by atoms with Crippen LogP contribution in [0.25, 0.3) is 0 Å². The summed E-state index contributed by atoms with van der Waals surface area (Å²) in [4.78, 5) is 0. The first kappa shape index (κ1) is 10.4. The van der Waals surface area contributed by atoms with Gasteiger partial charge in [-0.3, -0.25) is 0 Å². The monoisotopic (exact) mass is 200 g/mol. The molecule has 72 valence electrons. The fourth-order valence-electron chi connectivity index (χ4n) is 1.25. The van der Waals surface area contributed by atoms with Crippen molar-refractivity contribution in [1.29, 1.82) is 0 Å². The zero-order chi connectivity index (χ0) is 9.84. The number of aliphatic hydroxyl groups excluding tert-OH is 1. The van der Waals surface area contributed by atoms with Crippen molar-refractivity contribution in [3.05, 3.63) is 28.3 Å². The Kier molecular flexibility index (Phi) is 3.58. The lowest BCUT2D eigenvalue weighted by Crippen LogP contribution is -1.92. The topological polar surface area (TPSA) is 40.5 Å². The smallest absolute Gasteiger partial charge is 0.134 e. The van der Waals surface area contributed by atoms with Crippen LogP contribution in [0.3, 0.4) is 0 Å². The van der Waals surface area contributed by atoms with Gasteiger partial charge in [0.05, 0.1) is 5.02 Å². The number of phenols is 1. The Hall–Kier alpha value is -0.730. The highest BCUT2D eigenvalue weighted by Gasteiger charge is 2.03. The number of phenolic OH excluding ortho intramolecular Hbond substituents is 1. The zero-order valence-corrected chi connectivity index (χ0v) is 8.30. The van der Waals surface area contributed by atoms with Crippen molar-refractivity contribution < 1.29 is 10.2 Å². The van der Waals surface area contributed by atoms with Gasteiger partial charge in [-0.25, -0.2) is 0 Å². The normalized spacial score (nSPS) is 10.4. The molecule has 0 aliphatic rings. The number of aromatic hydroxyl groups is 1. The Balaban J connectivity index is 2.88. The van der Waals surface area contributed by atoms with Gasteiger partial charge >= 0.3 is 0 Å². The standard InChI is InChI=1S/C10H13ClO2/c1-7-5-10(13)9(11)6-8(7)3-2-4-12/h5-6,12-13H,2-4H2,1H3. The van der Waals surface area contributed by atoms with Crippen LogP contribution >= 0.6 is 11.6 Å². The summed E-state index contributed by atoms with van der Waals surface area (Å²) in [6, 6.07) is 3.40. The predicted octanol–water partition coefficient (Wildman–Crippen LogP) is 2.28. The van der Waals surface area contributed by atoms with Crippen molar-refractivity contribution in [3.8, 4) is 5.75 Å². The molecule has 0 amide bonds. The molecule has 3 heteroatoms. The third kappa shape index (κ3) is 2.61. The van der Waals surface area contributed by atoms with Crippen molar-refractivity contribution in [3.63, 3.8) is 0 Å². The second-order valence-corrected chi connectivity index (χ2v) is 3.46. The minimum Gasteiger partial charge on any atom is -0.506 e. The summed E-state index contributed by atoms with van der Waals surface area (Å²) < 4.78 is 0. The summed E-state index contributed by atoms with van der Waals surface area (Å²) in [5.74, 6) is 0.118. The maximum absolute atomic E-state index is 9.27. The molecule has 0 aliphatic heterocycles. The van der Waals surface area contributed by atoms with Gasteiger partial charge in [-0.15, -0.1) is 0 Å². The second kappa shape index (κ2) is 4.49. The second-order valence-electron chi connectivity index (χ2n) is 3.06. The zero-order valence-electron chi connectivity index (χ0n) is 7.55. The number of aryl methyl sites for hydroxylation is 2. The molecule has 0 atom stereocenters. The third-order valence-electron chi connectivity index (χ3n) is 2.01. The van der Waals surface area contributed by atoms with Gasteiger partial charge in [0.15, 0.2) is 0 Å². The number of aliphatic hydroxyl groups is 1. The quantitative estimate of drug-likeness (QED) is 0.786. The van der Waals surface area contributed by atoms with E-state index in [-0.39, 0.29) is 12.4 Å². The average molecular weight is 201 g/mol. The van der Waals surface area contributed by atoms with E-state index in [0.29, 0.717) is 5.02 Å². The molecule has 0 aromatic heterocycles. The third-order valence-corrected chi connectivity index (χ3v) is 2.31. The molecule has 1 rings (SSSR count). The first-order valence-electron chi connectivity index (χ1n) is 4.24. The van der Waals surface area contributed by atoms with Crippen LogP contribution in [0.1, 0.15) is 17.5 Å². The molecule has 0 saturated carbocycles. The van der Waals surface area contributed by atoms with Gasteiger partial charge in [0, 0.05) is 6.61 Å². The molecule has 0 bridgehead atoms. The Labute approximate surface area is 82.8 Å². The van der Waals surface area contributed by atoms with Crippen LogP contribution in [0.15, 0.2) is 12.1 Å². The van der Waals surface area contributed by atoms with Gasteiger partial charge in [0.25, 0.3) is 0 Å². The van der Waals surface area contributed by atoms with Crippen LogP contribution in [0.5, 0.6) is 5.75 Å². The molecule has 2 N–H and O–H groups in total. The van der Waals surface area contributed by atoms with Crippen molar-refractivity contribution >= 4 is 11.6 Å². The van der Waals surface area contributed by atoms with E-state index in [2.05, 4.69) is 0 Å². The van der Waals surface area contributed by atoms with Crippen LogP contribution in [-0.4, -0.2) is 16.8 Å². The number of rotatable bonds is 3. The van der Waals surface area contributed by atoms with E-state index in [9.17, 15) is 5.11 Å². The van der Waals surface area contributed by atoms with Crippen molar-refractivity contribution in [2.24, 2.45) is 0 Å². The molecule has 1 aromatic carbocycles. The first-order valence-corrected chi connectivity index (χ1v) is 4.62. The Morgan fingerprint density at radius 3 is 2.69 bits per heavy atom. The minimum absolute atomic E-state index is 0.118. The van der Waals surface area contributed by atoms with E-state index >= 15 is 0 Å². The summed E-state index contributed by atoms with van der Waals surface area (Å²) in [5, 5.41) is 18.3. The highest BCUT2D eigenvalue weighted by atomic mass is 35.5. The first-order chi connectivity index (χ1) is 6.15. The van der Waals surface area contributed by atoms with Crippen LogP contribution < -0.4 is 0 Å². The molecule has 0 unspecified atom stereocenters. The molecular formula is C10H13ClO2. The fourth-order valence-corrected chi connectivity index (χ4v) is 1.43. The Bertz CT molecular complexity index is 297. The number of halogens is 1. The lowest BCUT2D eigenvalue weighted by molar-refractivity contribution is 0.288. The molecule has 0 spiro atoms. The molecule has 13 heavy (non-hydrogen) atoms. The predicted molar refractivity (Wildman–Crippen MR) is 53.3 cm³/mol. The molecule has 0 heterocycles. The highest BCUT2D eigenvalue weighted by molar-refractivity contribution is 6.32.